The predicted octanol–water partition coefficient (Wildman–Crippen LogP) is 3.15. The Morgan fingerprint density at radius 3 is 2.88 bits per heavy atom. The van der Waals surface area contributed by atoms with Gasteiger partial charge in [0, 0.05) is 10.9 Å². The van der Waals surface area contributed by atoms with Crippen molar-refractivity contribution in [1.82, 2.24) is 0 Å². The Morgan fingerprint density at radius 2 is 2.19 bits per heavy atom. The molecule has 0 fully saturated rings. The highest BCUT2D eigenvalue weighted by atomic mass is 16.3. The highest BCUT2D eigenvalue weighted by Gasteiger charge is 2.16. The fourth-order valence-corrected chi connectivity index (χ4v) is 1.75. The van der Waals surface area contributed by atoms with Gasteiger partial charge in [-0.15, -0.1) is 0 Å². The fourth-order valence-electron chi connectivity index (χ4n) is 1.75. The van der Waals surface area contributed by atoms with Gasteiger partial charge in [-0.3, -0.25) is 4.79 Å². The Bertz CT molecular complexity index is 602. The van der Waals surface area contributed by atoms with Crippen molar-refractivity contribution in [3.8, 4) is 6.07 Å². The summed E-state index contributed by atoms with van der Waals surface area (Å²) in [6.45, 7) is 3.83. The van der Waals surface area contributed by atoms with Crippen molar-refractivity contribution in [2.45, 2.75) is 20.3 Å². The Kier molecular flexibility index (Phi) is 2.49. The third-order valence-corrected chi connectivity index (χ3v) is 2.58. The minimum atomic E-state index is -0.256. The highest BCUT2D eigenvalue weighted by Crippen LogP contribution is 2.26. The second-order valence-corrected chi connectivity index (χ2v) is 3.81. The summed E-state index contributed by atoms with van der Waals surface area (Å²) in [6.07, 6.45) is -0.139. The molecule has 0 atom stereocenters. The molecule has 0 aliphatic rings. The summed E-state index contributed by atoms with van der Waals surface area (Å²) in [5.41, 5.74) is 2.64. The molecule has 0 saturated heterocycles. The monoisotopic (exact) mass is 213 g/mol. The smallest absolute Gasteiger partial charge is 0.212 e. The largest absolute Gasteiger partial charge is 0.453 e. The summed E-state index contributed by atoms with van der Waals surface area (Å²) < 4.78 is 5.47. The first-order valence-electron chi connectivity index (χ1n) is 5.03. The van der Waals surface area contributed by atoms with Crippen molar-refractivity contribution >= 4 is 16.8 Å². The molecule has 0 saturated carbocycles. The van der Waals surface area contributed by atoms with Gasteiger partial charge in [0.25, 0.3) is 0 Å². The quantitative estimate of drug-likeness (QED) is 0.720. The summed E-state index contributed by atoms with van der Waals surface area (Å²) in [5, 5.41) is 9.44. The molecule has 0 N–H and O–H groups in total. The maximum Gasteiger partial charge on any atom is 0.212 e. The van der Waals surface area contributed by atoms with Crippen molar-refractivity contribution in [2.75, 3.05) is 0 Å². The first kappa shape index (κ1) is 10.4. The Hall–Kier alpha value is -2.08. The number of aryl methyl sites for hydroxylation is 2. The number of hydrogen-bond donors (Lipinski definition) is 0. The predicted molar refractivity (Wildman–Crippen MR) is 60.2 cm³/mol. The first-order chi connectivity index (χ1) is 7.63. The van der Waals surface area contributed by atoms with Crippen LogP contribution in [-0.2, 0) is 0 Å². The van der Waals surface area contributed by atoms with E-state index in [1.165, 1.54) is 0 Å². The number of carbonyl (C=O) groups is 1. The number of nitrogens with zero attached hydrogens (tertiary/aromatic N) is 1. The molecule has 0 bridgehead atoms. The number of Topliss-reactive ketones (excluding diaryl/α,β-unsaturated/α-hetero) is 1. The van der Waals surface area contributed by atoms with E-state index in [0.29, 0.717) is 11.3 Å². The lowest BCUT2D eigenvalue weighted by atomic mass is 10.1. The molecule has 1 aromatic carbocycles. The lowest BCUT2D eigenvalue weighted by Gasteiger charge is -1.92. The molecule has 0 amide bonds. The summed E-state index contributed by atoms with van der Waals surface area (Å²) in [6, 6.07) is 7.61. The Morgan fingerprint density at radius 1 is 1.44 bits per heavy atom. The van der Waals surface area contributed by atoms with Crippen molar-refractivity contribution in [3.63, 3.8) is 0 Å². The van der Waals surface area contributed by atoms with Crippen LogP contribution >= 0.6 is 0 Å². The number of hydrogen-bond acceptors (Lipinski definition) is 3. The van der Waals surface area contributed by atoms with Crippen LogP contribution in [0, 0.1) is 25.2 Å². The molecular weight excluding hydrogens is 202 g/mol. The zero-order valence-electron chi connectivity index (χ0n) is 9.20. The zero-order chi connectivity index (χ0) is 11.7. The topological polar surface area (TPSA) is 54.0 Å². The fraction of sp³-hybridized carbons (Fsp3) is 0.231. The normalized spacial score (nSPS) is 10.3. The molecule has 1 heterocycles. The molecule has 16 heavy (non-hydrogen) atoms. The van der Waals surface area contributed by atoms with E-state index in [0.717, 1.165) is 16.5 Å². The number of ketones is 1. The van der Waals surface area contributed by atoms with Gasteiger partial charge in [0.15, 0.2) is 5.76 Å². The zero-order valence-corrected chi connectivity index (χ0v) is 9.20. The van der Waals surface area contributed by atoms with Crippen molar-refractivity contribution in [1.29, 1.82) is 5.26 Å². The van der Waals surface area contributed by atoms with Crippen LogP contribution in [0.2, 0.25) is 0 Å². The molecule has 0 spiro atoms. The van der Waals surface area contributed by atoms with Crippen LogP contribution in [0.5, 0.6) is 0 Å². The molecule has 1 aromatic heterocycles. The van der Waals surface area contributed by atoms with Gasteiger partial charge >= 0.3 is 0 Å². The SMILES string of the molecule is Cc1ccc2oc(C(=O)CC#N)c(C)c2c1. The van der Waals surface area contributed by atoms with Crippen molar-refractivity contribution in [3.05, 3.63) is 35.1 Å². The standard InChI is InChI=1S/C13H11NO2/c1-8-3-4-12-10(7-8)9(2)13(16-12)11(15)5-6-14/h3-4,7H,5H2,1-2H3. The molecular formula is C13H11NO2. The second-order valence-electron chi connectivity index (χ2n) is 3.81. The Labute approximate surface area is 93.3 Å². The molecule has 80 valence electrons. The van der Waals surface area contributed by atoms with E-state index in [1.54, 1.807) is 0 Å². The van der Waals surface area contributed by atoms with E-state index in [2.05, 4.69) is 0 Å². The van der Waals surface area contributed by atoms with Crippen LogP contribution in [-0.4, -0.2) is 5.78 Å². The second kappa shape index (κ2) is 3.82. The number of fused-ring (bicyclic) bond motifs is 1. The number of benzene rings is 1. The van der Waals surface area contributed by atoms with Crippen LogP contribution in [0.4, 0.5) is 0 Å². The van der Waals surface area contributed by atoms with E-state index in [4.69, 9.17) is 9.68 Å². The third kappa shape index (κ3) is 1.59. The Balaban J connectivity index is 2.61. The van der Waals surface area contributed by atoms with Crippen LogP contribution in [0.25, 0.3) is 11.0 Å². The lowest BCUT2D eigenvalue weighted by molar-refractivity contribution is 0.0972. The van der Waals surface area contributed by atoms with E-state index >= 15 is 0 Å². The van der Waals surface area contributed by atoms with E-state index in [-0.39, 0.29) is 12.2 Å². The lowest BCUT2D eigenvalue weighted by Crippen LogP contribution is -1.96. The number of furan rings is 1. The van der Waals surface area contributed by atoms with Gasteiger partial charge in [-0.25, -0.2) is 0 Å². The van der Waals surface area contributed by atoms with Gasteiger partial charge in [0.05, 0.1) is 6.07 Å². The molecule has 3 nitrogen and oxygen atoms in total. The van der Waals surface area contributed by atoms with Crippen molar-refractivity contribution < 1.29 is 9.21 Å². The minimum Gasteiger partial charge on any atom is -0.453 e. The summed E-state index contributed by atoms with van der Waals surface area (Å²) >= 11 is 0. The molecule has 2 aromatic rings. The minimum absolute atomic E-state index is 0.139. The summed E-state index contributed by atoms with van der Waals surface area (Å²) in [4.78, 5) is 11.6. The average molecular weight is 213 g/mol. The van der Waals surface area contributed by atoms with Gasteiger partial charge in [0.1, 0.15) is 12.0 Å². The van der Waals surface area contributed by atoms with Crippen LogP contribution in [0.3, 0.4) is 0 Å². The number of nitriles is 1. The highest BCUT2D eigenvalue weighted by molar-refractivity contribution is 6.01. The van der Waals surface area contributed by atoms with Crippen molar-refractivity contribution in [2.24, 2.45) is 0 Å². The van der Waals surface area contributed by atoms with Gasteiger partial charge in [0.2, 0.25) is 5.78 Å². The molecule has 0 aliphatic carbocycles. The molecule has 2 rings (SSSR count). The number of carbonyl (C=O) groups excluding carboxylic acids is 1. The van der Waals surface area contributed by atoms with Gasteiger partial charge in [-0.1, -0.05) is 11.6 Å². The maximum absolute atomic E-state index is 11.6. The summed E-state index contributed by atoms with van der Waals surface area (Å²) in [5.74, 6) is 0.0519. The first-order valence-corrected chi connectivity index (χ1v) is 5.03. The third-order valence-electron chi connectivity index (χ3n) is 2.58. The molecule has 0 aliphatic heterocycles. The number of rotatable bonds is 2. The van der Waals surface area contributed by atoms with E-state index in [9.17, 15) is 4.79 Å². The van der Waals surface area contributed by atoms with Gasteiger partial charge < -0.3 is 4.42 Å². The molecule has 0 radical (unpaired) electrons. The molecule has 3 heteroatoms. The van der Waals surface area contributed by atoms with E-state index < -0.39 is 0 Å². The maximum atomic E-state index is 11.6. The van der Waals surface area contributed by atoms with Crippen LogP contribution in [0.15, 0.2) is 22.6 Å². The average Bonchev–Trinajstić information content (AvgIpc) is 2.57. The van der Waals surface area contributed by atoms with Gasteiger partial charge in [-0.05, 0) is 26.0 Å². The van der Waals surface area contributed by atoms with E-state index in [1.807, 2.05) is 38.1 Å². The summed E-state index contributed by atoms with van der Waals surface area (Å²) in [7, 11) is 0. The van der Waals surface area contributed by atoms with Crippen LogP contribution in [0.1, 0.15) is 28.1 Å². The molecule has 0 unspecified atom stereocenters. The van der Waals surface area contributed by atoms with Crippen LogP contribution < -0.4 is 0 Å². The van der Waals surface area contributed by atoms with Gasteiger partial charge in [-0.2, -0.15) is 5.26 Å².